The molecular weight excluding hydrogens is 134 g/mol. The van der Waals surface area contributed by atoms with Crippen molar-refractivity contribution in [2.45, 2.75) is 34.1 Å². The Hall–Kier alpha value is -0.590. The third kappa shape index (κ3) is 1.70. The van der Waals surface area contributed by atoms with E-state index in [-0.39, 0.29) is 5.41 Å². The molecule has 0 saturated heterocycles. The quantitative estimate of drug-likeness (QED) is 0.575. The number of nitrogens with zero attached hydrogens (tertiary/aromatic N) is 1. The van der Waals surface area contributed by atoms with Gasteiger partial charge in [-0.25, -0.2) is 0 Å². The first-order valence-corrected chi connectivity index (χ1v) is 4.27. The minimum atomic E-state index is 0.244. The lowest BCUT2D eigenvalue weighted by atomic mass is 9.79. The zero-order chi connectivity index (χ0) is 8.48. The van der Waals surface area contributed by atoms with Crippen LogP contribution in [0.1, 0.15) is 34.1 Å². The molecule has 1 rings (SSSR count). The molecule has 0 aromatic carbocycles. The lowest BCUT2D eigenvalue weighted by molar-refractivity contribution is 0.439. The topological polar surface area (TPSA) is 12.4 Å². The van der Waals surface area contributed by atoms with Crippen LogP contribution < -0.4 is 0 Å². The Labute approximate surface area is 69.2 Å². The van der Waals surface area contributed by atoms with Gasteiger partial charge in [0, 0.05) is 17.3 Å². The van der Waals surface area contributed by atoms with Crippen LogP contribution in [0, 0.1) is 11.3 Å². The van der Waals surface area contributed by atoms with Gasteiger partial charge in [0.05, 0.1) is 0 Å². The predicted molar refractivity (Wildman–Crippen MR) is 49.8 cm³/mol. The number of hydrogen-bond donors (Lipinski definition) is 0. The Morgan fingerprint density at radius 2 is 2.18 bits per heavy atom. The molecule has 1 heteroatoms. The van der Waals surface area contributed by atoms with Gasteiger partial charge in [0.25, 0.3) is 0 Å². The molecule has 0 bridgehead atoms. The number of aliphatic imine (C=N–C) groups is 1. The van der Waals surface area contributed by atoms with E-state index in [2.05, 4.69) is 38.8 Å². The summed E-state index contributed by atoms with van der Waals surface area (Å²) in [6.07, 6.45) is 5.35. The first-order valence-electron chi connectivity index (χ1n) is 4.27. The fraction of sp³-hybridized carbons (Fsp3) is 0.700. The fourth-order valence-corrected chi connectivity index (χ4v) is 1.65. The summed E-state index contributed by atoms with van der Waals surface area (Å²) in [4.78, 5) is 4.28. The zero-order valence-corrected chi connectivity index (χ0v) is 7.89. The Kier molecular flexibility index (Phi) is 2.17. The van der Waals surface area contributed by atoms with Gasteiger partial charge in [0.2, 0.25) is 0 Å². The second-order valence-corrected chi connectivity index (χ2v) is 4.05. The molecule has 1 unspecified atom stereocenters. The third-order valence-corrected chi connectivity index (χ3v) is 2.37. The smallest absolute Gasteiger partial charge is 0.0255 e. The van der Waals surface area contributed by atoms with Crippen LogP contribution in [-0.4, -0.2) is 5.71 Å². The summed E-state index contributed by atoms with van der Waals surface area (Å²) >= 11 is 0. The van der Waals surface area contributed by atoms with E-state index in [0.29, 0.717) is 0 Å². The minimum Gasteiger partial charge on any atom is -0.265 e. The van der Waals surface area contributed by atoms with Gasteiger partial charge in [-0.05, 0) is 19.3 Å². The van der Waals surface area contributed by atoms with Crippen molar-refractivity contribution in [2.75, 3.05) is 0 Å². The molecule has 11 heavy (non-hydrogen) atoms. The van der Waals surface area contributed by atoms with Gasteiger partial charge < -0.3 is 0 Å². The lowest BCUT2D eigenvalue weighted by Crippen LogP contribution is -2.22. The van der Waals surface area contributed by atoms with Crippen molar-refractivity contribution in [3.8, 4) is 0 Å². The Morgan fingerprint density at radius 3 is 2.55 bits per heavy atom. The zero-order valence-electron chi connectivity index (χ0n) is 7.89. The normalized spacial score (nSPS) is 29.7. The van der Waals surface area contributed by atoms with Gasteiger partial charge in [0.15, 0.2) is 0 Å². The monoisotopic (exact) mass is 151 g/mol. The van der Waals surface area contributed by atoms with Crippen molar-refractivity contribution >= 4 is 5.71 Å². The van der Waals surface area contributed by atoms with Gasteiger partial charge >= 0.3 is 0 Å². The van der Waals surface area contributed by atoms with Crippen molar-refractivity contribution in [3.63, 3.8) is 0 Å². The fourth-order valence-electron chi connectivity index (χ4n) is 1.65. The highest BCUT2D eigenvalue weighted by atomic mass is 14.8. The first kappa shape index (κ1) is 8.51. The molecule has 1 aliphatic rings. The van der Waals surface area contributed by atoms with Crippen LogP contribution in [0.5, 0.6) is 0 Å². The Balaban J connectivity index is 2.68. The number of rotatable bonds is 2. The highest BCUT2D eigenvalue weighted by molar-refractivity contribution is 5.91. The standard InChI is InChI=1S/C10H17N/c1-8(2)7-10(4)5-6-11-9(10)3/h5-6,8H,7H2,1-4H3. The molecular formula is C10H17N. The van der Waals surface area contributed by atoms with Crippen LogP contribution in [0.25, 0.3) is 0 Å². The lowest BCUT2D eigenvalue weighted by Gasteiger charge is -2.24. The summed E-state index contributed by atoms with van der Waals surface area (Å²) in [5.74, 6) is 0.743. The average Bonchev–Trinajstić information content (AvgIpc) is 2.11. The largest absolute Gasteiger partial charge is 0.265 e. The van der Waals surface area contributed by atoms with E-state index >= 15 is 0 Å². The molecule has 0 aromatic rings. The van der Waals surface area contributed by atoms with Crippen LogP contribution >= 0.6 is 0 Å². The minimum absolute atomic E-state index is 0.244. The van der Waals surface area contributed by atoms with E-state index in [1.165, 1.54) is 12.1 Å². The van der Waals surface area contributed by atoms with Crippen LogP contribution in [0.3, 0.4) is 0 Å². The van der Waals surface area contributed by atoms with E-state index in [0.717, 1.165) is 5.92 Å². The predicted octanol–water partition coefficient (Wildman–Crippen LogP) is 3.03. The molecule has 0 amide bonds. The Bertz CT molecular complexity index is 201. The summed E-state index contributed by atoms with van der Waals surface area (Å²) < 4.78 is 0. The van der Waals surface area contributed by atoms with E-state index in [1.54, 1.807) is 0 Å². The molecule has 0 saturated carbocycles. The maximum absolute atomic E-state index is 4.28. The van der Waals surface area contributed by atoms with Crippen LogP contribution in [0.15, 0.2) is 17.3 Å². The van der Waals surface area contributed by atoms with Crippen LogP contribution in [0.2, 0.25) is 0 Å². The van der Waals surface area contributed by atoms with Crippen molar-refractivity contribution in [1.82, 2.24) is 0 Å². The van der Waals surface area contributed by atoms with Crippen molar-refractivity contribution in [2.24, 2.45) is 16.3 Å². The highest BCUT2D eigenvalue weighted by Gasteiger charge is 2.27. The van der Waals surface area contributed by atoms with E-state index in [4.69, 9.17) is 0 Å². The van der Waals surface area contributed by atoms with Gasteiger partial charge in [-0.2, -0.15) is 0 Å². The maximum atomic E-state index is 4.28. The molecule has 1 nitrogen and oxygen atoms in total. The van der Waals surface area contributed by atoms with Crippen molar-refractivity contribution in [3.05, 3.63) is 12.3 Å². The molecule has 0 aliphatic carbocycles. The maximum Gasteiger partial charge on any atom is 0.0255 e. The summed E-state index contributed by atoms with van der Waals surface area (Å²) in [5, 5.41) is 0. The number of allylic oxidation sites excluding steroid dienone is 1. The first-order chi connectivity index (χ1) is 5.04. The van der Waals surface area contributed by atoms with Gasteiger partial charge in [0.1, 0.15) is 0 Å². The summed E-state index contributed by atoms with van der Waals surface area (Å²) in [6.45, 7) is 8.88. The number of hydrogen-bond acceptors (Lipinski definition) is 1. The summed E-state index contributed by atoms with van der Waals surface area (Å²) in [6, 6.07) is 0. The molecule has 1 aliphatic heterocycles. The van der Waals surface area contributed by atoms with E-state index in [1.807, 2.05) is 6.20 Å². The summed E-state index contributed by atoms with van der Waals surface area (Å²) in [5.41, 5.74) is 1.50. The third-order valence-electron chi connectivity index (χ3n) is 2.37. The van der Waals surface area contributed by atoms with Crippen molar-refractivity contribution in [1.29, 1.82) is 0 Å². The molecule has 0 radical (unpaired) electrons. The summed E-state index contributed by atoms with van der Waals surface area (Å²) in [7, 11) is 0. The molecule has 1 atom stereocenters. The molecule has 0 aromatic heterocycles. The second kappa shape index (κ2) is 2.80. The van der Waals surface area contributed by atoms with Crippen LogP contribution in [-0.2, 0) is 0 Å². The second-order valence-electron chi connectivity index (χ2n) is 4.05. The van der Waals surface area contributed by atoms with Crippen LogP contribution in [0.4, 0.5) is 0 Å². The van der Waals surface area contributed by atoms with Crippen molar-refractivity contribution < 1.29 is 0 Å². The highest BCUT2D eigenvalue weighted by Crippen LogP contribution is 2.32. The Morgan fingerprint density at radius 1 is 1.55 bits per heavy atom. The van der Waals surface area contributed by atoms with Gasteiger partial charge in [-0.3, -0.25) is 4.99 Å². The average molecular weight is 151 g/mol. The van der Waals surface area contributed by atoms with Gasteiger partial charge in [-0.15, -0.1) is 0 Å². The molecule has 1 heterocycles. The van der Waals surface area contributed by atoms with E-state index < -0.39 is 0 Å². The molecule has 0 N–H and O–H groups in total. The SMILES string of the molecule is CC1=NC=CC1(C)CC(C)C. The van der Waals surface area contributed by atoms with E-state index in [9.17, 15) is 0 Å². The molecule has 62 valence electrons. The van der Waals surface area contributed by atoms with Gasteiger partial charge in [-0.1, -0.05) is 26.8 Å². The molecule has 0 spiro atoms. The molecule has 0 fully saturated rings.